The van der Waals surface area contributed by atoms with Crippen LogP contribution in [0, 0.1) is 6.92 Å². The van der Waals surface area contributed by atoms with Gasteiger partial charge in [-0.3, -0.25) is 0 Å². The molecule has 19 heavy (non-hydrogen) atoms. The van der Waals surface area contributed by atoms with Gasteiger partial charge in [0.2, 0.25) is 0 Å². The van der Waals surface area contributed by atoms with Crippen molar-refractivity contribution >= 4 is 34.2 Å². The average Bonchev–Trinajstić information content (AvgIpc) is 2.85. The highest BCUT2D eigenvalue weighted by Gasteiger charge is 2.06. The molecule has 1 heterocycles. The Morgan fingerprint density at radius 1 is 1.26 bits per heavy atom. The van der Waals surface area contributed by atoms with Gasteiger partial charge in [0.15, 0.2) is 0 Å². The minimum Gasteiger partial charge on any atom is -0.389 e. The van der Waals surface area contributed by atoms with Gasteiger partial charge in [-0.2, -0.15) is 0 Å². The second-order valence-corrected chi connectivity index (χ2v) is 6.18. The van der Waals surface area contributed by atoms with Gasteiger partial charge >= 0.3 is 0 Å². The lowest BCUT2D eigenvalue weighted by Gasteiger charge is -2.11. The molecule has 0 unspecified atom stereocenters. The third kappa shape index (κ3) is 3.55. The van der Waals surface area contributed by atoms with E-state index in [0.717, 1.165) is 29.8 Å². The van der Waals surface area contributed by atoms with E-state index in [0.29, 0.717) is 4.99 Å². The number of hydrogen-bond acceptors (Lipinski definition) is 3. The summed E-state index contributed by atoms with van der Waals surface area (Å²) in [6.07, 6.45) is 1.09. The summed E-state index contributed by atoms with van der Waals surface area (Å²) >= 11 is 6.95. The maximum Gasteiger partial charge on any atom is 0.106 e. The molecule has 0 radical (unpaired) electrons. The van der Waals surface area contributed by atoms with E-state index in [4.69, 9.17) is 18.0 Å². The number of thiocarbonyl (C=S) groups is 1. The zero-order chi connectivity index (χ0) is 13.8. The maximum atomic E-state index is 5.77. The highest BCUT2D eigenvalue weighted by atomic mass is 32.1. The molecule has 2 nitrogen and oxygen atoms in total. The average molecular weight is 290 g/mol. The predicted octanol–water partition coefficient (Wildman–Crippen LogP) is 3.87. The van der Waals surface area contributed by atoms with E-state index >= 15 is 0 Å². The molecule has 3 N–H and O–H groups in total. The Labute approximate surface area is 123 Å². The van der Waals surface area contributed by atoms with Crippen LogP contribution in [0.3, 0.4) is 0 Å². The summed E-state index contributed by atoms with van der Waals surface area (Å²) in [5.74, 6) is 0. The van der Waals surface area contributed by atoms with Crippen molar-refractivity contribution in [2.24, 2.45) is 5.73 Å². The van der Waals surface area contributed by atoms with Gasteiger partial charge in [0.25, 0.3) is 0 Å². The van der Waals surface area contributed by atoms with Gasteiger partial charge < -0.3 is 11.1 Å². The van der Waals surface area contributed by atoms with Crippen molar-refractivity contribution in [3.8, 4) is 0 Å². The van der Waals surface area contributed by atoms with Gasteiger partial charge in [0.1, 0.15) is 4.99 Å². The third-order valence-electron chi connectivity index (χ3n) is 2.96. The van der Waals surface area contributed by atoms with Crippen molar-refractivity contribution in [2.45, 2.75) is 26.8 Å². The summed E-state index contributed by atoms with van der Waals surface area (Å²) in [6, 6.07) is 10.5. The minimum absolute atomic E-state index is 0.437. The van der Waals surface area contributed by atoms with Crippen LogP contribution in [0.25, 0.3) is 0 Å². The standard InChI is InChI=1S/C15H18N2S2/c1-3-11-5-6-12(19-11)9-17-14-7-4-10(2)8-13(14)15(16)18/h4-8,17H,3,9H2,1-2H3,(H2,16,18). The van der Waals surface area contributed by atoms with Gasteiger partial charge in [0.05, 0.1) is 0 Å². The number of aryl methyl sites for hydroxylation is 2. The molecule has 0 bridgehead atoms. The maximum absolute atomic E-state index is 5.77. The van der Waals surface area contributed by atoms with E-state index in [1.165, 1.54) is 9.75 Å². The van der Waals surface area contributed by atoms with Crippen LogP contribution in [0.15, 0.2) is 30.3 Å². The second-order valence-electron chi connectivity index (χ2n) is 4.49. The molecular weight excluding hydrogens is 272 g/mol. The fourth-order valence-corrected chi connectivity index (χ4v) is 2.97. The van der Waals surface area contributed by atoms with Crippen LogP contribution in [0.2, 0.25) is 0 Å². The Morgan fingerprint density at radius 2 is 2.00 bits per heavy atom. The molecule has 0 amide bonds. The number of thiophene rings is 1. The van der Waals surface area contributed by atoms with Crippen LogP contribution >= 0.6 is 23.6 Å². The first kappa shape index (κ1) is 14.0. The molecule has 0 saturated carbocycles. The molecule has 0 saturated heterocycles. The van der Waals surface area contributed by atoms with Crippen LogP contribution in [0.1, 0.15) is 27.8 Å². The number of nitrogens with two attached hydrogens (primary N) is 1. The number of rotatable bonds is 5. The van der Waals surface area contributed by atoms with Crippen molar-refractivity contribution in [2.75, 3.05) is 5.32 Å². The van der Waals surface area contributed by atoms with E-state index < -0.39 is 0 Å². The zero-order valence-electron chi connectivity index (χ0n) is 11.2. The summed E-state index contributed by atoms with van der Waals surface area (Å²) < 4.78 is 0. The molecule has 0 aliphatic rings. The molecule has 0 spiro atoms. The lowest BCUT2D eigenvalue weighted by molar-refractivity contribution is 1.18. The van der Waals surface area contributed by atoms with E-state index in [-0.39, 0.29) is 0 Å². The summed E-state index contributed by atoms with van der Waals surface area (Å²) in [5.41, 5.74) is 8.86. The first-order chi connectivity index (χ1) is 9.10. The highest BCUT2D eigenvalue weighted by Crippen LogP contribution is 2.21. The van der Waals surface area contributed by atoms with Crippen LogP contribution in [0.4, 0.5) is 5.69 Å². The lowest BCUT2D eigenvalue weighted by atomic mass is 10.1. The summed E-state index contributed by atoms with van der Waals surface area (Å²) in [6.45, 7) is 5.02. The number of anilines is 1. The third-order valence-corrected chi connectivity index (χ3v) is 4.41. The SMILES string of the molecule is CCc1ccc(CNc2ccc(C)cc2C(N)=S)s1. The van der Waals surface area contributed by atoms with Crippen molar-refractivity contribution in [3.63, 3.8) is 0 Å². The molecule has 100 valence electrons. The molecular formula is C15H18N2S2. The van der Waals surface area contributed by atoms with Gasteiger partial charge in [-0.25, -0.2) is 0 Å². The molecule has 2 aromatic rings. The second kappa shape index (κ2) is 6.17. The van der Waals surface area contributed by atoms with Crippen molar-refractivity contribution < 1.29 is 0 Å². The molecule has 0 aliphatic heterocycles. The van der Waals surface area contributed by atoms with Crippen LogP contribution in [-0.4, -0.2) is 4.99 Å². The first-order valence-electron chi connectivity index (χ1n) is 6.32. The largest absolute Gasteiger partial charge is 0.389 e. The first-order valence-corrected chi connectivity index (χ1v) is 7.54. The highest BCUT2D eigenvalue weighted by molar-refractivity contribution is 7.80. The van der Waals surface area contributed by atoms with Gasteiger partial charge in [-0.1, -0.05) is 30.8 Å². The Bertz CT molecular complexity index is 588. The van der Waals surface area contributed by atoms with Crippen LogP contribution in [-0.2, 0) is 13.0 Å². The smallest absolute Gasteiger partial charge is 0.106 e. The summed E-state index contributed by atoms with van der Waals surface area (Å²) in [5, 5.41) is 3.42. The van der Waals surface area contributed by atoms with Crippen LogP contribution in [0.5, 0.6) is 0 Å². The van der Waals surface area contributed by atoms with Gasteiger partial charge in [-0.05, 0) is 37.6 Å². The zero-order valence-corrected chi connectivity index (χ0v) is 12.8. The number of hydrogen-bond donors (Lipinski definition) is 2. The Morgan fingerprint density at radius 3 is 2.63 bits per heavy atom. The van der Waals surface area contributed by atoms with Crippen molar-refractivity contribution in [3.05, 3.63) is 51.2 Å². The minimum atomic E-state index is 0.437. The van der Waals surface area contributed by atoms with Crippen molar-refractivity contribution in [1.82, 2.24) is 0 Å². The fraction of sp³-hybridized carbons (Fsp3) is 0.267. The quantitative estimate of drug-likeness (QED) is 0.821. The number of benzene rings is 1. The van der Waals surface area contributed by atoms with E-state index in [1.807, 2.05) is 30.4 Å². The lowest BCUT2D eigenvalue weighted by Crippen LogP contribution is -2.13. The normalized spacial score (nSPS) is 10.4. The van der Waals surface area contributed by atoms with Gasteiger partial charge in [-0.15, -0.1) is 11.3 Å². The molecule has 1 aromatic heterocycles. The molecule has 0 atom stereocenters. The fourth-order valence-electron chi connectivity index (χ4n) is 1.91. The van der Waals surface area contributed by atoms with E-state index in [2.05, 4.69) is 30.4 Å². The van der Waals surface area contributed by atoms with Crippen LogP contribution < -0.4 is 11.1 Å². The molecule has 4 heteroatoms. The molecule has 2 rings (SSSR count). The Hall–Kier alpha value is -1.39. The monoisotopic (exact) mass is 290 g/mol. The molecule has 0 aliphatic carbocycles. The summed E-state index contributed by atoms with van der Waals surface area (Å²) in [7, 11) is 0. The van der Waals surface area contributed by atoms with E-state index in [9.17, 15) is 0 Å². The topological polar surface area (TPSA) is 38.0 Å². The predicted molar refractivity (Wildman–Crippen MR) is 88.1 cm³/mol. The Balaban J connectivity index is 2.12. The van der Waals surface area contributed by atoms with E-state index in [1.54, 1.807) is 0 Å². The van der Waals surface area contributed by atoms with Gasteiger partial charge in [0, 0.05) is 27.5 Å². The summed E-state index contributed by atoms with van der Waals surface area (Å²) in [4.78, 5) is 3.17. The Kier molecular flexibility index (Phi) is 4.56. The molecule has 0 fully saturated rings. The number of nitrogens with one attached hydrogen (secondary N) is 1. The van der Waals surface area contributed by atoms with Crippen molar-refractivity contribution in [1.29, 1.82) is 0 Å². The molecule has 1 aromatic carbocycles.